The van der Waals surface area contributed by atoms with Gasteiger partial charge in [-0.1, -0.05) is 48.3 Å². The van der Waals surface area contributed by atoms with E-state index >= 15 is 0 Å². The second kappa shape index (κ2) is 10.5. The molecule has 176 valence electrons. The zero-order valence-corrected chi connectivity index (χ0v) is 21.5. The van der Waals surface area contributed by atoms with Crippen molar-refractivity contribution in [2.75, 3.05) is 11.1 Å². The summed E-state index contributed by atoms with van der Waals surface area (Å²) in [5.41, 5.74) is 1.60. The highest BCUT2D eigenvalue weighted by Crippen LogP contribution is 2.31. The van der Waals surface area contributed by atoms with Crippen LogP contribution >= 0.6 is 46.3 Å². The van der Waals surface area contributed by atoms with Crippen LogP contribution in [-0.2, 0) is 11.2 Å². The fraction of sp³-hybridized carbons (Fsp3) is 0.208. The lowest BCUT2D eigenvalue weighted by Crippen LogP contribution is -2.23. The van der Waals surface area contributed by atoms with Gasteiger partial charge in [0.1, 0.15) is 10.6 Å². The van der Waals surface area contributed by atoms with Gasteiger partial charge in [-0.05, 0) is 61.4 Å². The van der Waals surface area contributed by atoms with Gasteiger partial charge in [0.05, 0.1) is 27.5 Å². The average molecular weight is 536 g/mol. The second-order valence-electron chi connectivity index (χ2n) is 7.55. The number of rotatable bonds is 7. The Morgan fingerprint density at radius 2 is 1.94 bits per heavy atom. The van der Waals surface area contributed by atoms with Gasteiger partial charge in [0, 0.05) is 9.90 Å². The standard InChI is InChI=1S/C24H20Cl2FN3O2S2/c1-3-4-19-13(2)21-22(34-19)29-24(30(23(21)32)16-8-6-15(27)7-9-16)33-12-20(31)28-18-10-5-14(25)11-17(18)26/h5-11H,3-4,12H2,1-2H3,(H,28,31). The van der Waals surface area contributed by atoms with Crippen LogP contribution in [0.4, 0.5) is 10.1 Å². The molecule has 5 nitrogen and oxygen atoms in total. The van der Waals surface area contributed by atoms with Gasteiger partial charge >= 0.3 is 0 Å². The number of hydrogen-bond acceptors (Lipinski definition) is 5. The van der Waals surface area contributed by atoms with Crippen molar-refractivity contribution in [2.45, 2.75) is 31.8 Å². The number of carbonyl (C=O) groups is 1. The maximum atomic E-state index is 13.6. The Morgan fingerprint density at radius 1 is 1.21 bits per heavy atom. The lowest BCUT2D eigenvalue weighted by Gasteiger charge is -2.13. The number of nitrogens with one attached hydrogen (secondary N) is 1. The molecule has 0 bridgehead atoms. The van der Waals surface area contributed by atoms with E-state index in [0.29, 0.717) is 36.8 Å². The summed E-state index contributed by atoms with van der Waals surface area (Å²) in [6.45, 7) is 4.01. The molecule has 0 radical (unpaired) electrons. The molecular weight excluding hydrogens is 516 g/mol. The summed E-state index contributed by atoms with van der Waals surface area (Å²) >= 11 is 14.7. The molecule has 0 aliphatic carbocycles. The molecule has 0 aliphatic heterocycles. The lowest BCUT2D eigenvalue weighted by atomic mass is 10.1. The average Bonchev–Trinajstić information content (AvgIpc) is 3.11. The first-order valence-corrected chi connectivity index (χ1v) is 13.0. The third kappa shape index (κ3) is 5.15. The summed E-state index contributed by atoms with van der Waals surface area (Å²) in [7, 11) is 0. The number of amides is 1. The van der Waals surface area contributed by atoms with Crippen LogP contribution in [0.5, 0.6) is 0 Å². The molecule has 2 heterocycles. The van der Waals surface area contributed by atoms with Gasteiger partial charge in [-0.15, -0.1) is 11.3 Å². The van der Waals surface area contributed by atoms with E-state index in [1.807, 2.05) is 6.92 Å². The summed E-state index contributed by atoms with van der Waals surface area (Å²) in [5.74, 6) is -0.732. The fourth-order valence-electron chi connectivity index (χ4n) is 3.50. The third-order valence-corrected chi connectivity index (χ3v) is 7.86. The number of halogens is 3. The van der Waals surface area contributed by atoms with Crippen LogP contribution in [0.15, 0.2) is 52.4 Å². The molecule has 2 aromatic heterocycles. The van der Waals surface area contributed by atoms with Gasteiger partial charge in [0.2, 0.25) is 5.91 Å². The molecule has 0 saturated heterocycles. The first-order valence-electron chi connectivity index (χ1n) is 10.5. The fourth-order valence-corrected chi connectivity index (χ4v) is 6.09. The van der Waals surface area contributed by atoms with Crippen LogP contribution in [-0.4, -0.2) is 21.2 Å². The Kier molecular flexibility index (Phi) is 7.62. The molecule has 1 amide bonds. The number of thioether (sulfide) groups is 1. The smallest absolute Gasteiger partial charge is 0.267 e. The molecular formula is C24H20Cl2FN3O2S2. The van der Waals surface area contributed by atoms with Gasteiger partial charge in [0.15, 0.2) is 5.16 Å². The van der Waals surface area contributed by atoms with Crippen LogP contribution in [0, 0.1) is 12.7 Å². The van der Waals surface area contributed by atoms with E-state index in [4.69, 9.17) is 28.2 Å². The van der Waals surface area contributed by atoms with Crippen LogP contribution in [0.2, 0.25) is 10.0 Å². The van der Waals surface area contributed by atoms with Crippen molar-refractivity contribution in [1.82, 2.24) is 9.55 Å². The zero-order chi connectivity index (χ0) is 24.4. The molecule has 1 N–H and O–H groups in total. The summed E-state index contributed by atoms with van der Waals surface area (Å²) in [6, 6.07) is 10.4. The van der Waals surface area contributed by atoms with Crippen molar-refractivity contribution in [3.05, 3.63) is 79.1 Å². The Bertz CT molecular complexity index is 1440. The van der Waals surface area contributed by atoms with Gasteiger partial charge in [-0.25, -0.2) is 9.37 Å². The SMILES string of the molecule is CCCc1sc2nc(SCC(=O)Nc3ccc(Cl)cc3Cl)n(-c3ccc(F)cc3)c(=O)c2c1C. The quantitative estimate of drug-likeness (QED) is 0.207. The first kappa shape index (κ1) is 24.7. The molecule has 0 atom stereocenters. The number of benzene rings is 2. The third-order valence-electron chi connectivity index (χ3n) is 5.13. The highest BCUT2D eigenvalue weighted by molar-refractivity contribution is 7.99. The Morgan fingerprint density at radius 3 is 2.62 bits per heavy atom. The predicted molar refractivity (Wildman–Crippen MR) is 140 cm³/mol. The van der Waals surface area contributed by atoms with Crippen LogP contribution in [0.3, 0.4) is 0 Å². The van der Waals surface area contributed by atoms with Crippen molar-refractivity contribution in [1.29, 1.82) is 0 Å². The molecule has 2 aromatic carbocycles. The summed E-state index contributed by atoms with van der Waals surface area (Å²) in [4.78, 5) is 32.7. The number of hydrogen-bond donors (Lipinski definition) is 1. The molecule has 0 unspecified atom stereocenters. The number of thiophene rings is 1. The van der Waals surface area contributed by atoms with Crippen molar-refractivity contribution < 1.29 is 9.18 Å². The van der Waals surface area contributed by atoms with E-state index < -0.39 is 5.82 Å². The van der Waals surface area contributed by atoms with Crippen molar-refractivity contribution >= 4 is 68.1 Å². The predicted octanol–water partition coefficient (Wildman–Crippen LogP) is 6.88. The number of aromatic nitrogens is 2. The minimum atomic E-state index is -0.406. The molecule has 0 fully saturated rings. The number of fused-ring (bicyclic) bond motifs is 1. The normalized spacial score (nSPS) is 11.2. The van der Waals surface area contributed by atoms with E-state index in [1.54, 1.807) is 18.2 Å². The second-order valence-corrected chi connectivity index (χ2v) is 10.4. The van der Waals surface area contributed by atoms with Gasteiger partial charge in [-0.3, -0.25) is 14.2 Å². The minimum Gasteiger partial charge on any atom is -0.324 e. The maximum absolute atomic E-state index is 13.6. The molecule has 4 aromatic rings. The highest BCUT2D eigenvalue weighted by Gasteiger charge is 2.20. The summed E-state index contributed by atoms with van der Waals surface area (Å²) in [6.07, 6.45) is 1.81. The number of carbonyl (C=O) groups excluding carboxylic acids is 1. The lowest BCUT2D eigenvalue weighted by molar-refractivity contribution is -0.113. The molecule has 0 spiro atoms. The van der Waals surface area contributed by atoms with E-state index in [2.05, 4.69) is 12.2 Å². The monoisotopic (exact) mass is 535 g/mol. The Hall–Kier alpha value is -2.39. The van der Waals surface area contributed by atoms with Crippen LogP contribution in [0.1, 0.15) is 23.8 Å². The van der Waals surface area contributed by atoms with Gasteiger partial charge in [0.25, 0.3) is 5.56 Å². The molecule has 4 rings (SSSR count). The van der Waals surface area contributed by atoms with Crippen molar-refractivity contribution in [3.63, 3.8) is 0 Å². The van der Waals surface area contributed by atoms with Crippen molar-refractivity contribution in [3.8, 4) is 5.69 Å². The summed E-state index contributed by atoms with van der Waals surface area (Å²) in [5, 5.41) is 4.44. The Balaban J connectivity index is 1.71. The maximum Gasteiger partial charge on any atom is 0.267 e. The topological polar surface area (TPSA) is 64.0 Å². The van der Waals surface area contributed by atoms with E-state index in [1.165, 1.54) is 40.2 Å². The molecule has 0 aliphatic rings. The van der Waals surface area contributed by atoms with Gasteiger partial charge < -0.3 is 5.32 Å². The van der Waals surface area contributed by atoms with E-state index in [0.717, 1.165) is 35.0 Å². The minimum absolute atomic E-state index is 0.00965. The molecule has 10 heteroatoms. The first-order chi connectivity index (χ1) is 16.3. The Labute approximate surface area is 213 Å². The number of anilines is 1. The summed E-state index contributed by atoms with van der Waals surface area (Å²) < 4.78 is 15.0. The van der Waals surface area contributed by atoms with Gasteiger partial charge in [-0.2, -0.15) is 0 Å². The number of nitrogens with zero attached hydrogens (tertiary/aromatic N) is 2. The van der Waals surface area contributed by atoms with Crippen LogP contribution < -0.4 is 10.9 Å². The zero-order valence-electron chi connectivity index (χ0n) is 18.3. The van der Waals surface area contributed by atoms with Crippen molar-refractivity contribution in [2.24, 2.45) is 0 Å². The van der Waals surface area contributed by atoms with E-state index in [9.17, 15) is 14.0 Å². The number of aryl methyl sites for hydroxylation is 2. The molecule has 34 heavy (non-hydrogen) atoms. The largest absolute Gasteiger partial charge is 0.324 e. The molecule has 0 saturated carbocycles. The van der Waals surface area contributed by atoms with E-state index in [-0.39, 0.29) is 17.2 Å². The van der Waals surface area contributed by atoms with Crippen LogP contribution in [0.25, 0.3) is 15.9 Å². The highest BCUT2D eigenvalue weighted by atomic mass is 35.5.